The average Bonchev–Trinajstić information content (AvgIpc) is 2.88. The van der Waals surface area contributed by atoms with E-state index in [4.69, 9.17) is 9.47 Å². The van der Waals surface area contributed by atoms with Crippen molar-refractivity contribution >= 4 is 23.4 Å². The van der Waals surface area contributed by atoms with Crippen LogP contribution in [-0.4, -0.2) is 34.0 Å². The first-order valence-electron chi connectivity index (χ1n) is 9.19. The van der Waals surface area contributed by atoms with Gasteiger partial charge in [0.2, 0.25) is 23.2 Å². The maximum atomic E-state index is 12.7. The van der Waals surface area contributed by atoms with Crippen molar-refractivity contribution in [2.75, 3.05) is 17.8 Å². The van der Waals surface area contributed by atoms with E-state index in [1.807, 2.05) is 61.7 Å². The molecule has 0 radical (unpaired) electrons. The Kier molecular flexibility index (Phi) is 5.35. The minimum absolute atomic E-state index is 0.157. The van der Waals surface area contributed by atoms with Crippen LogP contribution in [-0.2, 0) is 4.79 Å². The van der Waals surface area contributed by atoms with E-state index >= 15 is 0 Å². The first-order valence-corrected chi connectivity index (χ1v) is 10.4. The summed E-state index contributed by atoms with van der Waals surface area (Å²) in [6.45, 7) is 3.99. The molecule has 148 valence electrons. The highest BCUT2D eigenvalue weighted by atomic mass is 32.2. The van der Waals surface area contributed by atoms with Gasteiger partial charge in [-0.25, -0.2) is 0 Å². The van der Waals surface area contributed by atoms with Gasteiger partial charge in [0.25, 0.3) is 0 Å². The number of thioether (sulfide) groups is 1. The number of amides is 1. The van der Waals surface area contributed by atoms with E-state index in [-0.39, 0.29) is 5.91 Å². The minimum Gasteiger partial charge on any atom is -0.494 e. The van der Waals surface area contributed by atoms with Gasteiger partial charge >= 0.3 is 0 Å². The lowest BCUT2D eigenvalue weighted by molar-refractivity contribution is -0.118. The highest BCUT2D eigenvalue weighted by molar-refractivity contribution is 7.98. The van der Waals surface area contributed by atoms with Gasteiger partial charge in [0, 0.05) is 18.1 Å². The van der Waals surface area contributed by atoms with Crippen LogP contribution in [0, 0.1) is 0 Å². The van der Waals surface area contributed by atoms with Gasteiger partial charge in [-0.3, -0.25) is 9.69 Å². The van der Waals surface area contributed by atoms with E-state index in [1.54, 1.807) is 4.90 Å². The number of nitrogens with zero attached hydrogens (tertiary/aromatic N) is 4. The van der Waals surface area contributed by atoms with Crippen molar-refractivity contribution in [2.24, 2.45) is 0 Å². The quantitative estimate of drug-likeness (QED) is 0.601. The van der Waals surface area contributed by atoms with Crippen molar-refractivity contribution in [2.45, 2.75) is 25.2 Å². The van der Waals surface area contributed by atoms with Gasteiger partial charge in [-0.15, -0.1) is 10.2 Å². The number of aromatic nitrogens is 3. The highest BCUT2D eigenvalue weighted by Gasteiger charge is 2.34. The van der Waals surface area contributed by atoms with Gasteiger partial charge in [-0.1, -0.05) is 42.1 Å². The number of hydrogen-bond donors (Lipinski definition) is 0. The van der Waals surface area contributed by atoms with Crippen LogP contribution in [0.15, 0.2) is 53.7 Å². The fourth-order valence-corrected chi connectivity index (χ4v) is 3.58. The van der Waals surface area contributed by atoms with E-state index in [1.165, 1.54) is 18.7 Å². The standard InChI is InChI=1S/C21H20N4O3S/c1-4-27-15-9-7-8-14(12-15)20-25(13(2)26)17-11-6-5-10-16(17)18-19(28-20)22-21(29-3)24-23-18/h5-12,20H,4H2,1-3H3. The zero-order valence-corrected chi connectivity index (χ0v) is 17.1. The molecule has 0 aliphatic carbocycles. The van der Waals surface area contributed by atoms with Gasteiger partial charge < -0.3 is 9.47 Å². The fraction of sp³-hybridized carbons (Fsp3) is 0.238. The molecular formula is C21H20N4O3S. The van der Waals surface area contributed by atoms with Gasteiger partial charge in [0.05, 0.1) is 12.3 Å². The Hall–Kier alpha value is -3.13. The molecule has 2 heterocycles. The molecule has 0 saturated heterocycles. The summed E-state index contributed by atoms with van der Waals surface area (Å²) in [5.41, 5.74) is 2.72. The lowest BCUT2D eigenvalue weighted by Crippen LogP contribution is -2.36. The Labute approximate surface area is 173 Å². The van der Waals surface area contributed by atoms with Gasteiger partial charge in [0.15, 0.2) is 5.69 Å². The van der Waals surface area contributed by atoms with Gasteiger partial charge in [0.1, 0.15) is 5.75 Å². The fourth-order valence-electron chi connectivity index (χ4n) is 3.28. The largest absolute Gasteiger partial charge is 0.494 e. The molecule has 2 aromatic carbocycles. The molecule has 7 nitrogen and oxygen atoms in total. The summed E-state index contributed by atoms with van der Waals surface area (Å²) >= 11 is 1.38. The van der Waals surface area contributed by atoms with Crippen molar-refractivity contribution < 1.29 is 14.3 Å². The third-order valence-corrected chi connectivity index (χ3v) is 5.03. The average molecular weight is 408 g/mol. The molecule has 0 saturated carbocycles. The predicted octanol–water partition coefficient (Wildman–Crippen LogP) is 4.10. The number of carbonyl (C=O) groups is 1. The van der Waals surface area contributed by atoms with Gasteiger partial charge in [-0.05, 0) is 31.4 Å². The Bertz CT molecular complexity index is 1060. The van der Waals surface area contributed by atoms with Crippen molar-refractivity contribution in [3.63, 3.8) is 0 Å². The van der Waals surface area contributed by atoms with Crippen LogP contribution in [0.1, 0.15) is 25.6 Å². The number of para-hydroxylation sites is 1. The number of carbonyl (C=O) groups excluding carboxylic acids is 1. The molecule has 1 aromatic heterocycles. The van der Waals surface area contributed by atoms with Crippen LogP contribution in [0.5, 0.6) is 11.6 Å². The second-order valence-corrected chi connectivity index (χ2v) is 7.11. The molecule has 0 N–H and O–H groups in total. The summed E-state index contributed by atoms with van der Waals surface area (Å²) < 4.78 is 11.9. The smallest absolute Gasteiger partial charge is 0.247 e. The van der Waals surface area contributed by atoms with Crippen LogP contribution in [0.2, 0.25) is 0 Å². The zero-order chi connectivity index (χ0) is 20.4. The first kappa shape index (κ1) is 19.2. The molecule has 1 amide bonds. The summed E-state index contributed by atoms with van der Waals surface area (Å²) in [6, 6.07) is 15.1. The molecule has 1 aliphatic heterocycles. The zero-order valence-electron chi connectivity index (χ0n) is 16.3. The van der Waals surface area contributed by atoms with Crippen LogP contribution in [0.3, 0.4) is 0 Å². The molecule has 0 bridgehead atoms. The topological polar surface area (TPSA) is 77.4 Å². The monoisotopic (exact) mass is 408 g/mol. The number of rotatable bonds is 4. The maximum absolute atomic E-state index is 12.7. The van der Waals surface area contributed by atoms with Gasteiger partial charge in [-0.2, -0.15) is 4.98 Å². The molecular weight excluding hydrogens is 388 g/mol. The summed E-state index contributed by atoms with van der Waals surface area (Å²) in [5, 5.41) is 8.99. The number of fused-ring (bicyclic) bond motifs is 3. The van der Waals surface area contributed by atoms with Crippen LogP contribution < -0.4 is 14.4 Å². The number of hydrogen-bond acceptors (Lipinski definition) is 7. The molecule has 0 spiro atoms. The lowest BCUT2D eigenvalue weighted by atomic mass is 10.1. The Balaban J connectivity index is 1.93. The molecule has 8 heteroatoms. The second-order valence-electron chi connectivity index (χ2n) is 6.33. The Morgan fingerprint density at radius 1 is 1.21 bits per heavy atom. The minimum atomic E-state index is -0.721. The number of benzene rings is 2. The van der Waals surface area contributed by atoms with Crippen molar-refractivity contribution in [1.82, 2.24) is 15.2 Å². The Morgan fingerprint density at radius 3 is 2.79 bits per heavy atom. The molecule has 1 aliphatic rings. The van der Waals surface area contributed by atoms with Crippen LogP contribution in [0.25, 0.3) is 11.3 Å². The third kappa shape index (κ3) is 3.63. The number of anilines is 1. The Morgan fingerprint density at radius 2 is 2.03 bits per heavy atom. The molecule has 0 fully saturated rings. The lowest BCUT2D eigenvalue weighted by Gasteiger charge is -2.30. The normalized spacial score (nSPS) is 15.0. The first-order chi connectivity index (χ1) is 14.1. The van der Waals surface area contributed by atoms with E-state index < -0.39 is 6.23 Å². The van der Waals surface area contributed by atoms with E-state index in [9.17, 15) is 4.79 Å². The van der Waals surface area contributed by atoms with Crippen molar-refractivity contribution in [1.29, 1.82) is 0 Å². The van der Waals surface area contributed by atoms with Crippen molar-refractivity contribution in [3.05, 3.63) is 54.1 Å². The van der Waals surface area contributed by atoms with E-state index in [0.717, 1.165) is 11.1 Å². The highest BCUT2D eigenvalue weighted by Crippen LogP contribution is 2.43. The second kappa shape index (κ2) is 8.08. The molecule has 4 rings (SSSR count). The van der Waals surface area contributed by atoms with Crippen molar-refractivity contribution in [3.8, 4) is 22.9 Å². The summed E-state index contributed by atoms with van der Waals surface area (Å²) in [6.07, 6.45) is 1.15. The molecule has 1 unspecified atom stereocenters. The number of ether oxygens (including phenoxy) is 2. The molecule has 1 atom stereocenters. The van der Waals surface area contributed by atoms with E-state index in [0.29, 0.717) is 34.8 Å². The SMILES string of the molecule is CCOc1cccc(C2Oc3nc(SC)nnc3-c3ccccc3N2C(C)=O)c1. The predicted molar refractivity (Wildman–Crippen MR) is 111 cm³/mol. The van der Waals surface area contributed by atoms with Crippen LogP contribution in [0.4, 0.5) is 5.69 Å². The summed E-state index contributed by atoms with van der Waals surface area (Å²) in [4.78, 5) is 18.9. The van der Waals surface area contributed by atoms with E-state index in [2.05, 4.69) is 15.2 Å². The third-order valence-electron chi connectivity index (χ3n) is 4.49. The maximum Gasteiger partial charge on any atom is 0.247 e. The summed E-state index contributed by atoms with van der Waals surface area (Å²) in [7, 11) is 0. The van der Waals surface area contributed by atoms with Crippen LogP contribution >= 0.6 is 11.8 Å². The molecule has 29 heavy (non-hydrogen) atoms. The summed E-state index contributed by atoms with van der Waals surface area (Å²) in [5.74, 6) is 0.892. The molecule has 3 aromatic rings.